The van der Waals surface area contributed by atoms with Gasteiger partial charge in [-0.05, 0) is 44.5 Å². The zero-order valence-electron chi connectivity index (χ0n) is 12.8. The number of nitrogens with zero attached hydrogens (tertiary/aromatic N) is 2. The van der Waals surface area contributed by atoms with Gasteiger partial charge < -0.3 is 18.7 Å². The van der Waals surface area contributed by atoms with Gasteiger partial charge in [-0.25, -0.2) is 0 Å². The molecule has 2 aromatic rings. The first-order valence-electron chi connectivity index (χ1n) is 6.91. The van der Waals surface area contributed by atoms with Gasteiger partial charge in [0.25, 0.3) is 5.89 Å². The summed E-state index contributed by atoms with van der Waals surface area (Å²) in [6.45, 7) is 6.74. The topological polar surface area (TPSA) is 66.6 Å². The Morgan fingerprint density at radius 2 is 1.90 bits per heavy atom. The predicted octanol–water partition coefficient (Wildman–Crippen LogP) is 3.13. The fourth-order valence-corrected chi connectivity index (χ4v) is 1.96. The quantitative estimate of drug-likeness (QED) is 0.730. The average Bonchev–Trinajstić information content (AvgIpc) is 2.96. The van der Waals surface area contributed by atoms with Crippen molar-refractivity contribution in [1.82, 2.24) is 10.1 Å². The molecule has 1 heterocycles. The van der Waals surface area contributed by atoms with E-state index in [0.29, 0.717) is 24.9 Å². The van der Waals surface area contributed by atoms with Crippen LogP contribution in [0.25, 0.3) is 11.4 Å². The van der Waals surface area contributed by atoms with Crippen molar-refractivity contribution in [2.45, 2.75) is 27.1 Å². The van der Waals surface area contributed by atoms with E-state index >= 15 is 0 Å². The lowest BCUT2D eigenvalue weighted by Gasteiger charge is -2.11. The third-order valence-corrected chi connectivity index (χ3v) is 2.93. The fraction of sp³-hybridized carbons (Fsp3) is 0.467. The normalized spacial score (nSPS) is 11.1. The van der Waals surface area contributed by atoms with Crippen molar-refractivity contribution in [3.63, 3.8) is 0 Å². The van der Waals surface area contributed by atoms with Crippen LogP contribution < -0.4 is 4.74 Å². The molecule has 0 atom stereocenters. The van der Waals surface area contributed by atoms with E-state index in [2.05, 4.69) is 10.1 Å². The number of aryl methyl sites for hydroxylation is 1. The first-order valence-corrected chi connectivity index (χ1v) is 6.91. The van der Waals surface area contributed by atoms with Crippen molar-refractivity contribution in [3.05, 3.63) is 29.7 Å². The van der Waals surface area contributed by atoms with Gasteiger partial charge in [0.1, 0.15) is 5.75 Å². The maximum absolute atomic E-state index is 5.44. The Kier molecular flexibility index (Phi) is 5.30. The van der Waals surface area contributed by atoms with Gasteiger partial charge in [-0.3, -0.25) is 0 Å². The van der Waals surface area contributed by atoms with Crippen LogP contribution in [0.4, 0.5) is 0 Å². The molecule has 0 aliphatic rings. The van der Waals surface area contributed by atoms with Crippen LogP contribution >= 0.6 is 0 Å². The van der Waals surface area contributed by atoms with Gasteiger partial charge in [0, 0.05) is 18.8 Å². The van der Waals surface area contributed by atoms with Crippen molar-refractivity contribution >= 4 is 0 Å². The summed E-state index contributed by atoms with van der Waals surface area (Å²) in [6.07, 6.45) is -0.624. The first-order chi connectivity index (χ1) is 10.2. The number of rotatable bonds is 7. The van der Waals surface area contributed by atoms with Crippen molar-refractivity contribution in [1.29, 1.82) is 0 Å². The van der Waals surface area contributed by atoms with Crippen LogP contribution in [0.15, 0.2) is 22.7 Å². The van der Waals surface area contributed by atoms with Crippen LogP contribution in [-0.2, 0) is 9.47 Å². The Morgan fingerprint density at radius 1 is 1.19 bits per heavy atom. The first kappa shape index (κ1) is 15.5. The molecule has 0 radical (unpaired) electrons. The number of hydrogen-bond acceptors (Lipinski definition) is 6. The molecule has 6 heteroatoms. The minimum Gasteiger partial charge on any atom is -0.496 e. The van der Waals surface area contributed by atoms with Crippen LogP contribution in [0, 0.1) is 6.92 Å². The van der Waals surface area contributed by atoms with Crippen LogP contribution in [0.3, 0.4) is 0 Å². The Hall–Kier alpha value is -1.92. The second-order valence-corrected chi connectivity index (χ2v) is 4.38. The molecule has 0 N–H and O–H groups in total. The molecule has 0 unspecified atom stereocenters. The van der Waals surface area contributed by atoms with Gasteiger partial charge in [-0.1, -0.05) is 5.16 Å². The molecule has 2 rings (SSSR count). The van der Waals surface area contributed by atoms with E-state index in [-0.39, 0.29) is 0 Å². The summed E-state index contributed by atoms with van der Waals surface area (Å²) in [5, 5.41) is 3.98. The molecule has 1 aromatic carbocycles. The van der Waals surface area contributed by atoms with Crippen LogP contribution in [0.5, 0.6) is 5.75 Å². The second kappa shape index (κ2) is 7.19. The van der Waals surface area contributed by atoms with Gasteiger partial charge in [0.2, 0.25) is 12.1 Å². The molecule has 0 amide bonds. The molecule has 1 aromatic heterocycles. The molecule has 6 nitrogen and oxygen atoms in total. The molecular formula is C15H20N2O4. The van der Waals surface area contributed by atoms with Crippen molar-refractivity contribution in [3.8, 4) is 17.1 Å². The maximum Gasteiger partial charge on any atom is 0.283 e. The fourth-order valence-electron chi connectivity index (χ4n) is 1.96. The zero-order valence-corrected chi connectivity index (χ0v) is 12.8. The lowest BCUT2D eigenvalue weighted by atomic mass is 10.1. The van der Waals surface area contributed by atoms with Crippen LogP contribution in [0.2, 0.25) is 0 Å². The third kappa shape index (κ3) is 3.59. The minimum atomic E-state index is -0.624. The second-order valence-electron chi connectivity index (χ2n) is 4.38. The zero-order chi connectivity index (χ0) is 15.2. The molecule has 0 saturated heterocycles. The maximum atomic E-state index is 5.44. The number of aromatic nitrogens is 2. The van der Waals surface area contributed by atoms with Gasteiger partial charge in [0.15, 0.2) is 0 Å². The predicted molar refractivity (Wildman–Crippen MR) is 77.0 cm³/mol. The van der Waals surface area contributed by atoms with Gasteiger partial charge in [-0.15, -0.1) is 0 Å². The summed E-state index contributed by atoms with van der Waals surface area (Å²) in [6, 6.07) is 5.71. The van der Waals surface area contributed by atoms with E-state index < -0.39 is 6.29 Å². The molecular weight excluding hydrogens is 272 g/mol. The summed E-state index contributed by atoms with van der Waals surface area (Å²) in [5.74, 6) is 1.64. The third-order valence-electron chi connectivity index (χ3n) is 2.93. The number of ether oxygens (including phenoxy) is 3. The van der Waals surface area contributed by atoms with E-state index in [4.69, 9.17) is 18.7 Å². The summed E-state index contributed by atoms with van der Waals surface area (Å²) >= 11 is 0. The van der Waals surface area contributed by atoms with E-state index in [0.717, 1.165) is 16.9 Å². The van der Waals surface area contributed by atoms with E-state index in [1.165, 1.54) is 0 Å². The Balaban J connectivity index is 2.24. The summed E-state index contributed by atoms with van der Waals surface area (Å²) < 4.78 is 21.4. The Labute approximate surface area is 124 Å². The monoisotopic (exact) mass is 292 g/mol. The highest BCUT2D eigenvalue weighted by Gasteiger charge is 2.20. The average molecular weight is 292 g/mol. The molecule has 21 heavy (non-hydrogen) atoms. The Morgan fingerprint density at radius 3 is 2.48 bits per heavy atom. The van der Waals surface area contributed by atoms with E-state index in [9.17, 15) is 0 Å². The van der Waals surface area contributed by atoms with Gasteiger partial charge in [0.05, 0.1) is 7.11 Å². The minimum absolute atomic E-state index is 0.321. The molecule has 114 valence electrons. The van der Waals surface area contributed by atoms with Crippen LogP contribution in [0.1, 0.15) is 31.6 Å². The molecule has 0 aliphatic carbocycles. The standard InChI is InChI=1S/C15H20N2O4/c1-5-19-15(20-6-2)14-16-13(17-21-14)11-7-8-12(18-4)10(3)9-11/h7-9,15H,5-6H2,1-4H3. The molecule has 0 bridgehead atoms. The van der Waals surface area contributed by atoms with Crippen molar-refractivity contribution in [2.75, 3.05) is 20.3 Å². The highest BCUT2D eigenvalue weighted by atomic mass is 16.7. The van der Waals surface area contributed by atoms with Gasteiger partial charge >= 0.3 is 0 Å². The summed E-state index contributed by atoms with van der Waals surface area (Å²) in [7, 11) is 1.64. The lowest BCUT2D eigenvalue weighted by molar-refractivity contribution is -0.155. The molecule has 0 fully saturated rings. The summed E-state index contributed by atoms with van der Waals surface area (Å²) in [5.41, 5.74) is 1.86. The molecule has 0 saturated carbocycles. The van der Waals surface area contributed by atoms with Crippen LogP contribution in [-0.4, -0.2) is 30.5 Å². The highest BCUT2D eigenvalue weighted by molar-refractivity contribution is 5.58. The number of hydrogen-bond donors (Lipinski definition) is 0. The smallest absolute Gasteiger partial charge is 0.283 e. The van der Waals surface area contributed by atoms with Gasteiger partial charge in [-0.2, -0.15) is 4.98 Å². The molecule has 0 spiro atoms. The lowest BCUT2D eigenvalue weighted by Crippen LogP contribution is -2.09. The number of methoxy groups -OCH3 is 1. The largest absolute Gasteiger partial charge is 0.496 e. The van der Waals surface area contributed by atoms with E-state index in [1.54, 1.807) is 7.11 Å². The molecule has 0 aliphatic heterocycles. The van der Waals surface area contributed by atoms with E-state index in [1.807, 2.05) is 39.0 Å². The summed E-state index contributed by atoms with van der Waals surface area (Å²) in [4.78, 5) is 4.35. The van der Waals surface area contributed by atoms with Crippen molar-refractivity contribution < 1.29 is 18.7 Å². The number of benzene rings is 1. The van der Waals surface area contributed by atoms with Crippen molar-refractivity contribution in [2.24, 2.45) is 0 Å². The SMILES string of the molecule is CCOC(OCC)c1nc(-c2ccc(OC)c(C)c2)no1. The Bertz CT molecular complexity index is 577. The highest BCUT2D eigenvalue weighted by Crippen LogP contribution is 2.26.